The first kappa shape index (κ1) is 15.0. The largest absolute Gasteiger partial charge is 0.0885 e. The molecule has 0 radical (unpaired) electrons. The second-order valence-corrected chi connectivity index (χ2v) is 5.03. The summed E-state index contributed by atoms with van der Waals surface area (Å²) in [4.78, 5) is 0. The zero-order valence-electron chi connectivity index (χ0n) is 11.7. The van der Waals surface area contributed by atoms with Gasteiger partial charge in [-0.1, -0.05) is 87.1 Å². The lowest BCUT2D eigenvalue weighted by Crippen LogP contribution is -1.85. The molecule has 0 unspecified atom stereocenters. The Labute approximate surface area is 113 Å². The van der Waals surface area contributed by atoms with E-state index in [0.717, 1.165) is 0 Å². The highest BCUT2D eigenvalue weighted by Gasteiger charge is 1.95. The summed E-state index contributed by atoms with van der Waals surface area (Å²) in [5.74, 6) is 0. The van der Waals surface area contributed by atoms with Crippen molar-refractivity contribution >= 4 is 0 Å². The lowest BCUT2D eigenvalue weighted by molar-refractivity contribution is 0.504. The topological polar surface area (TPSA) is 0 Å². The number of rotatable bonds is 0. The molecule has 0 atom stereocenters. The summed E-state index contributed by atoms with van der Waals surface area (Å²) in [6.07, 6.45) is 19.0. The molecular formula is C18H28. The van der Waals surface area contributed by atoms with E-state index in [0.29, 0.717) is 0 Å². The molecule has 0 spiro atoms. The van der Waals surface area contributed by atoms with Crippen molar-refractivity contribution < 1.29 is 0 Å². The highest BCUT2D eigenvalue weighted by atomic mass is 14.0. The van der Waals surface area contributed by atoms with Gasteiger partial charge < -0.3 is 0 Å². The fourth-order valence-electron chi connectivity index (χ4n) is 2.21. The van der Waals surface area contributed by atoms with Crippen LogP contribution >= 0.6 is 0 Å². The molecule has 0 heteroatoms. The van der Waals surface area contributed by atoms with E-state index in [2.05, 4.69) is 12.2 Å². The molecule has 1 fully saturated rings. The van der Waals surface area contributed by atoms with Crippen LogP contribution in [0.3, 0.4) is 0 Å². The van der Waals surface area contributed by atoms with Crippen molar-refractivity contribution in [3.05, 3.63) is 48.6 Å². The predicted octanol–water partition coefficient (Wildman–Crippen LogP) is 6.14. The van der Waals surface area contributed by atoms with Crippen LogP contribution in [0.25, 0.3) is 0 Å². The molecule has 0 saturated heterocycles. The van der Waals surface area contributed by atoms with Crippen LogP contribution in [0.2, 0.25) is 0 Å². The van der Waals surface area contributed by atoms with Crippen molar-refractivity contribution in [2.45, 2.75) is 64.2 Å². The number of benzene rings is 1. The van der Waals surface area contributed by atoms with Gasteiger partial charge in [-0.3, -0.25) is 0 Å². The molecule has 1 aromatic rings. The van der Waals surface area contributed by atoms with E-state index in [1.807, 2.05) is 36.4 Å². The zero-order valence-corrected chi connectivity index (χ0v) is 11.7. The molecule has 0 bridgehead atoms. The first-order valence-corrected chi connectivity index (χ1v) is 7.65. The lowest BCUT2D eigenvalue weighted by Gasteiger charge is -2.05. The normalized spacial score (nSPS) is 17.8. The van der Waals surface area contributed by atoms with Gasteiger partial charge in [0.25, 0.3) is 0 Å². The van der Waals surface area contributed by atoms with Gasteiger partial charge in [0.2, 0.25) is 0 Å². The first-order valence-electron chi connectivity index (χ1n) is 7.65. The number of hydrogen-bond acceptors (Lipinski definition) is 0. The molecule has 2 aliphatic carbocycles. The third kappa shape index (κ3) is 10.1. The van der Waals surface area contributed by atoms with Crippen LogP contribution in [-0.2, 0) is 0 Å². The van der Waals surface area contributed by atoms with Crippen LogP contribution in [0.15, 0.2) is 48.6 Å². The molecule has 0 N–H and O–H groups in total. The molecule has 0 heterocycles. The van der Waals surface area contributed by atoms with Crippen molar-refractivity contribution in [1.29, 1.82) is 0 Å². The molecule has 2 aliphatic rings. The van der Waals surface area contributed by atoms with E-state index in [4.69, 9.17) is 0 Å². The van der Waals surface area contributed by atoms with Gasteiger partial charge >= 0.3 is 0 Å². The second-order valence-electron chi connectivity index (χ2n) is 5.03. The number of allylic oxidation sites excluding steroid dienone is 2. The summed E-state index contributed by atoms with van der Waals surface area (Å²) >= 11 is 0. The SMILES string of the molecule is C1=CCCCC1.C1CCCCC1.c1ccccc1. The van der Waals surface area contributed by atoms with E-state index in [1.54, 1.807) is 0 Å². The Balaban J connectivity index is 0.000000135. The van der Waals surface area contributed by atoms with Crippen molar-refractivity contribution in [3.8, 4) is 0 Å². The summed E-state index contributed by atoms with van der Waals surface area (Å²) < 4.78 is 0. The zero-order chi connectivity index (χ0) is 12.7. The maximum Gasteiger partial charge on any atom is -0.0351 e. The Hall–Kier alpha value is -1.04. The Morgan fingerprint density at radius 2 is 0.611 bits per heavy atom. The fourth-order valence-corrected chi connectivity index (χ4v) is 2.21. The van der Waals surface area contributed by atoms with Gasteiger partial charge in [0, 0.05) is 0 Å². The lowest BCUT2D eigenvalue weighted by atomic mass is 10.0. The molecule has 18 heavy (non-hydrogen) atoms. The average molecular weight is 244 g/mol. The summed E-state index contributed by atoms with van der Waals surface area (Å²) in [6, 6.07) is 12.0. The van der Waals surface area contributed by atoms with Crippen molar-refractivity contribution in [3.63, 3.8) is 0 Å². The highest BCUT2D eigenvalue weighted by molar-refractivity contribution is 4.99. The van der Waals surface area contributed by atoms with E-state index < -0.39 is 0 Å². The highest BCUT2D eigenvalue weighted by Crippen LogP contribution is 2.15. The molecule has 1 saturated carbocycles. The summed E-state index contributed by atoms with van der Waals surface area (Å²) in [6.45, 7) is 0. The minimum atomic E-state index is 1.32. The van der Waals surface area contributed by atoms with Crippen molar-refractivity contribution in [2.75, 3.05) is 0 Å². The second kappa shape index (κ2) is 12.4. The van der Waals surface area contributed by atoms with Crippen LogP contribution in [0, 0.1) is 0 Å². The number of hydrogen-bond donors (Lipinski definition) is 0. The third-order valence-electron chi connectivity index (χ3n) is 3.32. The minimum absolute atomic E-state index is 1.32. The van der Waals surface area contributed by atoms with E-state index >= 15 is 0 Å². The van der Waals surface area contributed by atoms with Gasteiger partial charge in [0.05, 0.1) is 0 Å². The predicted molar refractivity (Wildman–Crippen MR) is 81.8 cm³/mol. The smallest absolute Gasteiger partial charge is 0.0351 e. The van der Waals surface area contributed by atoms with Gasteiger partial charge in [-0.15, -0.1) is 0 Å². The first-order chi connectivity index (χ1) is 9.00. The Kier molecular flexibility index (Phi) is 10.4. The summed E-state index contributed by atoms with van der Waals surface area (Å²) in [7, 11) is 0. The maximum atomic E-state index is 2.27. The van der Waals surface area contributed by atoms with Gasteiger partial charge in [0.1, 0.15) is 0 Å². The molecular weight excluding hydrogens is 216 g/mol. The van der Waals surface area contributed by atoms with Gasteiger partial charge in [-0.2, -0.15) is 0 Å². The van der Waals surface area contributed by atoms with Gasteiger partial charge in [-0.05, 0) is 25.7 Å². The quantitative estimate of drug-likeness (QED) is 0.480. The van der Waals surface area contributed by atoms with Gasteiger partial charge in [0.15, 0.2) is 0 Å². The molecule has 100 valence electrons. The van der Waals surface area contributed by atoms with E-state index in [-0.39, 0.29) is 0 Å². The fraction of sp³-hybridized carbons (Fsp3) is 0.556. The van der Waals surface area contributed by atoms with E-state index in [1.165, 1.54) is 64.2 Å². The van der Waals surface area contributed by atoms with E-state index in [9.17, 15) is 0 Å². The minimum Gasteiger partial charge on any atom is -0.0885 e. The standard InChI is InChI=1S/C6H12.C6H10.C6H6/c3*1-2-4-6-5-3-1/h1-6H2;1-2H,3-6H2;1-6H. The van der Waals surface area contributed by atoms with Crippen LogP contribution < -0.4 is 0 Å². The van der Waals surface area contributed by atoms with Crippen LogP contribution in [-0.4, -0.2) is 0 Å². The van der Waals surface area contributed by atoms with Gasteiger partial charge in [-0.25, -0.2) is 0 Å². The molecule has 1 aromatic carbocycles. The third-order valence-corrected chi connectivity index (χ3v) is 3.32. The summed E-state index contributed by atoms with van der Waals surface area (Å²) in [5, 5.41) is 0. The van der Waals surface area contributed by atoms with Crippen LogP contribution in [0.1, 0.15) is 64.2 Å². The van der Waals surface area contributed by atoms with Crippen molar-refractivity contribution in [1.82, 2.24) is 0 Å². The Bertz CT molecular complexity index is 223. The summed E-state index contributed by atoms with van der Waals surface area (Å²) in [5.41, 5.74) is 0. The molecule has 0 aliphatic heterocycles. The molecule has 0 nitrogen and oxygen atoms in total. The monoisotopic (exact) mass is 244 g/mol. The van der Waals surface area contributed by atoms with Crippen LogP contribution in [0.5, 0.6) is 0 Å². The molecule has 0 amide bonds. The molecule has 3 rings (SSSR count). The Morgan fingerprint density at radius 1 is 0.333 bits per heavy atom. The van der Waals surface area contributed by atoms with Crippen molar-refractivity contribution in [2.24, 2.45) is 0 Å². The Morgan fingerprint density at radius 3 is 0.778 bits per heavy atom. The molecule has 0 aromatic heterocycles. The maximum absolute atomic E-state index is 2.27. The van der Waals surface area contributed by atoms with Crippen LogP contribution in [0.4, 0.5) is 0 Å². The average Bonchev–Trinajstić information content (AvgIpc) is 2.54.